The molecule has 0 unspecified atom stereocenters. The van der Waals surface area contributed by atoms with Gasteiger partial charge in [0.1, 0.15) is 0 Å². The standard InChI is InChI=1S/C13H18N4O3S/c1-16(2)12(19)13-4-6-20-10(13)3-5-17(8-13)11(18)9-7-21-15-14-9/h7,10H,3-6,8H2,1-2H3/t10-,13-/m1/s1. The van der Waals surface area contributed by atoms with E-state index in [0.717, 1.165) is 11.5 Å². The molecule has 3 heterocycles. The van der Waals surface area contributed by atoms with E-state index in [-0.39, 0.29) is 17.9 Å². The first-order valence-corrected chi connectivity index (χ1v) is 7.78. The summed E-state index contributed by atoms with van der Waals surface area (Å²) in [6, 6.07) is 0. The summed E-state index contributed by atoms with van der Waals surface area (Å²) in [6.45, 7) is 1.55. The summed E-state index contributed by atoms with van der Waals surface area (Å²) in [5, 5.41) is 5.47. The number of hydrogen-bond donors (Lipinski definition) is 0. The molecule has 2 atom stereocenters. The monoisotopic (exact) mass is 310 g/mol. The number of ether oxygens (including phenoxy) is 1. The van der Waals surface area contributed by atoms with Gasteiger partial charge in [-0.15, -0.1) is 5.10 Å². The predicted molar refractivity (Wildman–Crippen MR) is 75.9 cm³/mol. The van der Waals surface area contributed by atoms with Crippen LogP contribution in [0, 0.1) is 5.41 Å². The van der Waals surface area contributed by atoms with Crippen LogP contribution >= 0.6 is 11.5 Å². The number of amides is 2. The van der Waals surface area contributed by atoms with E-state index in [1.165, 1.54) is 0 Å². The van der Waals surface area contributed by atoms with Crippen molar-refractivity contribution in [3.63, 3.8) is 0 Å². The van der Waals surface area contributed by atoms with Gasteiger partial charge in [0.2, 0.25) is 5.91 Å². The van der Waals surface area contributed by atoms with Crippen molar-refractivity contribution in [2.75, 3.05) is 33.8 Å². The third-order valence-corrected chi connectivity index (χ3v) is 4.82. The third kappa shape index (κ3) is 2.32. The minimum atomic E-state index is -0.610. The maximum absolute atomic E-state index is 12.6. The first kappa shape index (κ1) is 14.4. The van der Waals surface area contributed by atoms with Gasteiger partial charge in [-0.3, -0.25) is 9.59 Å². The number of carbonyl (C=O) groups is 2. The zero-order valence-electron chi connectivity index (χ0n) is 12.1. The molecule has 1 aromatic rings. The van der Waals surface area contributed by atoms with Crippen molar-refractivity contribution in [3.05, 3.63) is 11.1 Å². The summed E-state index contributed by atoms with van der Waals surface area (Å²) in [4.78, 5) is 28.4. The number of carbonyl (C=O) groups excluding carboxylic acids is 2. The molecule has 7 nitrogen and oxygen atoms in total. The van der Waals surface area contributed by atoms with Gasteiger partial charge in [0.15, 0.2) is 5.69 Å². The van der Waals surface area contributed by atoms with Gasteiger partial charge in [0.25, 0.3) is 5.91 Å². The number of rotatable bonds is 2. The van der Waals surface area contributed by atoms with Crippen molar-refractivity contribution in [1.29, 1.82) is 0 Å². The Morgan fingerprint density at radius 3 is 3.00 bits per heavy atom. The number of piperidine rings is 1. The molecule has 2 saturated heterocycles. The van der Waals surface area contributed by atoms with E-state index in [9.17, 15) is 9.59 Å². The largest absolute Gasteiger partial charge is 0.377 e. The average molecular weight is 310 g/mol. The van der Waals surface area contributed by atoms with Crippen LogP contribution in [-0.2, 0) is 9.53 Å². The molecule has 8 heteroatoms. The molecule has 0 spiro atoms. The molecule has 2 amide bonds. The molecule has 0 N–H and O–H groups in total. The summed E-state index contributed by atoms with van der Waals surface area (Å²) >= 11 is 1.15. The van der Waals surface area contributed by atoms with E-state index in [2.05, 4.69) is 9.59 Å². The fraction of sp³-hybridized carbons (Fsp3) is 0.692. The van der Waals surface area contributed by atoms with Crippen LogP contribution in [0.5, 0.6) is 0 Å². The summed E-state index contributed by atoms with van der Waals surface area (Å²) in [7, 11) is 3.50. The molecule has 0 aliphatic carbocycles. The molecule has 3 rings (SSSR count). The quantitative estimate of drug-likeness (QED) is 0.782. The molecule has 0 bridgehead atoms. The van der Waals surface area contributed by atoms with Gasteiger partial charge in [-0.25, -0.2) is 0 Å². The molecule has 114 valence electrons. The third-order valence-electron chi connectivity index (χ3n) is 4.32. The SMILES string of the molecule is CN(C)C(=O)[C@@]12CCO[C@@H]1CCN(C(=O)c1csnn1)C2. The number of nitrogens with zero attached hydrogens (tertiary/aromatic N) is 4. The number of hydrogen-bond acceptors (Lipinski definition) is 6. The second kappa shape index (κ2) is 5.34. The minimum Gasteiger partial charge on any atom is -0.377 e. The van der Waals surface area contributed by atoms with E-state index in [0.29, 0.717) is 38.2 Å². The molecular weight excluding hydrogens is 292 g/mol. The smallest absolute Gasteiger partial charge is 0.275 e. The second-order valence-electron chi connectivity index (χ2n) is 5.77. The first-order valence-electron chi connectivity index (χ1n) is 6.94. The van der Waals surface area contributed by atoms with Crippen molar-refractivity contribution in [2.24, 2.45) is 5.41 Å². The van der Waals surface area contributed by atoms with Crippen LogP contribution in [0.2, 0.25) is 0 Å². The summed E-state index contributed by atoms with van der Waals surface area (Å²) in [6.07, 6.45) is 1.25. The van der Waals surface area contributed by atoms with Gasteiger partial charge in [0.05, 0.1) is 11.5 Å². The van der Waals surface area contributed by atoms with Crippen LogP contribution in [0.1, 0.15) is 23.3 Å². The zero-order chi connectivity index (χ0) is 15.0. The molecule has 21 heavy (non-hydrogen) atoms. The summed E-state index contributed by atoms with van der Waals surface area (Å²) in [5.41, 5.74) is -0.259. The Bertz CT molecular complexity index is 548. The van der Waals surface area contributed by atoms with Crippen LogP contribution in [0.4, 0.5) is 0 Å². The number of likely N-dealkylation sites (tertiary alicyclic amines) is 1. The molecule has 1 aromatic heterocycles. The van der Waals surface area contributed by atoms with E-state index < -0.39 is 5.41 Å². The fourth-order valence-corrected chi connectivity index (χ4v) is 3.72. The lowest BCUT2D eigenvalue weighted by atomic mass is 9.75. The lowest BCUT2D eigenvalue weighted by Gasteiger charge is -2.43. The Labute approximate surface area is 127 Å². The molecule has 0 saturated carbocycles. The van der Waals surface area contributed by atoms with E-state index >= 15 is 0 Å². The number of aromatic nitrogens is 2. The normalized spacial score (nSPS) is 28.3. The topological polar surface area (TPSA) is 75.6 Å². The minimum absolute atomic E-state index is 0.0407. The van der Waals surface area contributed by atoms with Gasteiger partial charge in [0, 0.05) is 39.2 Å². The average Bonchev–Trinajstić information content (AvgIpc) is 3.14. The van der Waals surface area contributed by atoms with Crippen LogP contribution in [0.25, 0.3) is 0 Å². The highest BCUT2D eigenvalue weighted by atomic mass is 32.1. The molecule has 2 aliphatic rings. The van der Waals surface area contributed by atoms with Crippen LogP contribution in [0.3, 0.4) is 0 Å². The molecule has 0 radical (unpaired) electrons. The van der Waals surface area contributed by atoms with Gasteiger partial charge in [-0.2, -0.15) is 0 Å². The number of fused-ring (bicyclic) bond motifs is 1. The Balaban J connectivity index is 1.85. The van der Waals surface area contributed by atoms with Crippen molar-refractivity contribution < 1.29 is 14.3 Å². The summed E-state index contributed by atoms with van der Waals surface area (Å²) < 4.78 is 9.47. The molecule has 2 fully saturated rings. The van der Waals surface area contributed by atoms with Gasteiger partial charge < -0.3 is 14.5 Å². The fourth-order valence-electron chi connectivity index (χ4n) is 3.29. The Morgan fingerprint density at radius 2 is 2.33 bits per heavy atom. The Hall–Kier alpha value is -1.54. The summed E-state index contributed by atoms with van der Waals surface area (Å²) in [5.74, 6) is -0.112. The van der Waals surface area contributed by atoms with Crippen molar-refractivity contribution in [2.45, 2.75) is 18.9 Å². The highest BCUT2D eigenvalue weighted by Crippen LogP contribution is 2.42. The first-order chi connectivity index (χ1) is 10.0. The Kier molecular flexibility index (Phi) is 3.66. The highest BCUT2D eigenvalue weighted by molar-refractivity contribution is 7.03. The maximum Gasteiger partial charge on any atom is 0.275 e. The molecule has 0 aromatic carbocycles. The van der Waals surface area contributed by atoms with Crippen molar-refractivity contribution >= 4 is 23.3 Å². The lowest BCUT2D eigenvalue weighted by Crippen LogP contribution is -2.58. The second-order valence-corrected chi connectivity index (χ2v) is 6.38. The van der Waals surface area contributed by atoms with E-state index in [1.54, 1.807) is 29.3 Å². The zero-order valence-corrected chi connectivity index (χ0v) is 12.9. The van der Waals surface area contributed by atoms with Crippen LogP contribution < -0.4 is 0 Å². The molecular formula is C13H18N4O3S. The van der Waals surface area contributed by atoms with Crippen molar-refractivity contribution in [3.8, 4) is 0 Å². The molecule has 2 aliphatic heterocycles. The Morgan fingerprint density at radius 1 is 1.52 bits per heavy atom. The lowest BCUT2D eigenvalue weighted by molar-refractivity contribution is -0.146. The predicted octanol–water partition coefficient (Wildman–Crippen LogP) is 0.247. The van der Waals surface area contributed by atoms with E-state index in [4.69, 9.17) is 4.74 Å². The van der Waals surface area contributed by atoms with Crippen LogP contribution in [0.15, 0.2) is 5.38 Å². The van der Waals surface area contributed by atoms with E-state index in [1.807, 2.05) is 0 Å². The highest BCUT2D eigenvalue weighted by Gasteiger charge is 2.54. The van der Waals surface area contributed by atoms with Crippen molar-refractivity contribution in [1.82, 2.24) is 19.4 Å². The van der Waals surface area contributed by atoms with Crippen LogP contribution in [-0.4, -0.2) is 71.1 Å². The van der Waals surface area contributed by atoms with Gasteiger partial charge in [-0.05, 0) is 24.4 Å². The van der Waals surface area contributed by atoms with Gasteiger partial charge >= 0.3 is 0 Å². The maximum atomic E-state index is 12.6. The van der Waals surface area contributed by atoms with Gasteiger partial charge in [-0.1, -0.05) is 4.49 Å².